The van der Waals surface area contributed by atoms with Crippen LogP contribution >= 0.6 is 0 Å². The Morgan fingerprint density at radius 2 is 2.04 bits per heavy atom. The number of rotatable bonds is 4. The average molecular weight is 340 g/mol. The third-order valence-electron chi connectivity index (χ3n) is 5.66. The average Bonchev–Trinajstić information content (AvgIpc) is 3.15. The number of piperidine rings is 3. The van der Waals surface area contributed by atoms with E-state index in [1.807, 2.05) is 30.3 Å². The van der Waals surface area contributed by atoms with Crippen LogP contribution in [0.25, 0.3) is 11.3 Å². The maximum absolute atomic E-state index is 12.7. The molecule has 3 aliphatic heterocycles. The second kappa shape index (κ2) is 6.56. The zero-order chi connectivity index (χ0) is 17.4. The van der Waals surface area contributed by atoms with Gasteiger partial charge >= 0.3 is 0 Å². The van der Waals surface area contributed by atoms with Gasteiger partial charge in [0.25, 0.3) is 5.91 Å². The number of methoxy groups -OCH3 is 1. The van der Waals surface area contributed by atoms with Crippen molar-refractivity contribution < 1.29 is 13.9 Å². The summed E-state index contributed by atoms with van der Waals surface area (Å²) in [7, 11) is 1.63. The summed E-state index contributed by atoms with van der Waals surface area (Å²) in [6.45, 7) is 4.51. The van der Waals surface area contributed by atoms with Crippen LogP contribution in [0.15, 0.2) is 40.8 Å². The SMILES string of the molecule is COc1cccc(-c2ccc(C(=O)N[C@@H]3C4CCN(CC4)[C@H]3C)o2)c1. The fraction of sp³-hybridized carbons (Fsp3) is 0.450. The largest absolute Gasteiger partial charge is 0.497 e. The number of carbonyl (C=O) groups is 1. The van der Waals surface area contributed by atoms with E-state index in [2.05, 4.69) is 17.1 Å². The molecule has 132 valence electrons. The van der Waals surface area contributed by atoms with Crippen LogP contribution in [0, 0.1) is 5.92 Å². The second-order valence-electron chi connectivity index (χ2n) is 7.01. The summed E-state index contributed by atoms with van der Waals surface area (Å²) in [6, 6.07) is 11.8. The molecular weight excluding hydrogens is 316 g/mol. The maximum Gasteiger partial charge on any atom is 0.287 e. The van der Waals surface area contributed by atoms with Gasteiger partial charge in [0.15, 0.2) is 5.76 Å². The van der Waals surface area contributed by atoms with Gasteiger partial charge in [-0.05, 0) is 63.0 Å². The maximum atomic E-state index is 12.7. The van der Waals surface area contributed by atoms with E-state index in [4.69, 9.17) is 9.15 Å². The van der Waals surface area contributed by atoms with Crippen molar-refractivity contribution in [3.8, 4) is 17.1 Å². The first-order valence-electron chi connectivity index (χ1n) is 8.95. The third kappa shape index (κ3) is 3.04. The predicted molar refractivity (Wildman–Crippen MR) is 95.7 cm³/mol. The van der Waals surface area contributed by atoms with Gasteiger partial charge < -0.3 is 14.5 Å². The van der Waals surface area contributed by atoms with Gasteiger partial charge in [0.2, 0.25) is 0 Å². The zero-order valence-electron chi connectivity index (χ0n) is 14.7. The lowest BCUT2D eigenvalue weighted by Gasteiger charge is -2.49. The molecule has 5 heteroatoms. The van der Waals surface area contributed by atoms with Crippen molar-refractivity contribution in [2.24, 2.45) is 5.92 Å². The van der Waals surface area contributed by atoms with Crippen LogP contribution in [-0.2, 0) is 0 Å². The summed E-state index contributed by atoms with van der Waals surface area (Å²) >= 11 is 0. The summed E-state index contributed by atoms with van der Waals surface area (Å²) in [5.74, 6) is 2.25. The lowest BCUT2D eigenvalue weighted by atomic mass is 9.79. The molecule has 2 atom stereocenters. The van der Waals surface area contributed by atoms with Gasteiger partial charge in [-0.15, -0.1) is 0 Å². The standard InChI is InChI=1S/C20H24N2O3/c1-13-19(14-8-10-22(13)11-9-14)21-20(23)18-7-6-17(25-18)15-4-3-5-16(12-15)24-2/h3-7,12-14,19H,8-11H2,1-2H3,(H,21,23)/t13-,19-/m0/s1. The zero-order valence-corrected chi connectivity index (χ0v) is 14.7. The van der Waals surface area contributed by atoms with Crippen molar-refractivity contribution in [3.05, 3.63) is 42.2 Å². The molecule has 0 saturated carbocycles. The Hall–Kier alpha value is -2.27. The molecule has 4 heterocycles. The molecule has 3 aliphatic rings. The highest BCUT2D eigenvalue weighted by Crippen LogP contribution is 2.32. The number of benzene rings is 1. The fourth-order valence-corrected chi connectivity index (χ4v) is 4.16. The normalized spacial score (nSPS) is 27.9. The molecule has 0 aliphatic carbocycles. The molecule has 1 aromatic carbocycles. The number of ether oxygens (including phenoxy) is 1. The number of carbonyl (C=O) groups excluding carboxylic acids is 1. The molecule has 3 saturated heterocycles. The van der Waals surface area contributed by atoms with E-state index in [0.717, 1.165) is 24.4 Å². The summed E-state index contributed by atoms with van der Waals surface area (Å²) in [6.07, 6.45) is 2.34. The molecule has 3 fully saturated rings. The van der Waals surface area contributed by atoms with Crippen molar-refractivity contribution in [3.63, 3.8) is 0 Å². The van der Waals surface area contributed by atoms with Crippen LogP contribution < -0.4 is 10.1 Å². The van der Waals surface area contributed by atoms with Crippen molar-refractivity contribution in [1.82, 2.24) is 10.2 Å². The first kappa shape index (κ1) is 16.2. The van der Waals surface area contributed by atoms with Gasteiger partial charge in [0.05, 0.1) is 7.11 Å². The predicted octanol–water partition coefficient (Wildman–Crippen LogP) is 3.17. The lowest BCUT2D eigenvalue weighted by molar-refractivity contribution is 0.0211. The Kier molecular flexibility index (Phi) is 4.25. The van der Waals surface area contributed by atoms with E-state index in [1.54, 1.807) is 13.2 Å². The van der Waals surface area contributed by atoms with Crippen molar-refractivity contribution in [1.29, 1.82) is 0 Å². The second-order valence-corrected chi connectivity index (χ2v) is 7.01. The molecule has 0 unspecified atom stereocenters. The summed E-state index contributed by atoms with van der Waals surface area (Å²) in [5, 5.41) is 3.20. The molecule has 0 radical (unpaired) electrons. The minimum atomic E-state index is -0.125. The van der Waals surface area contributed by atoms with Crippen molar-refractivity contribution in [2.75, 3.05) is 20.2 Å². The highest BCUT2D eigenvalue weighted by Gasteiger charge is 2.40. The summed E-state index contributed by atoms with van der Waals surface area (Å²) < 4.78 is 11.1. The van der Waals surface area contributed by atoms with E-state index in [-0.39, 0.29) is 11.9 Å². The minimum Gasteiger partial charge on any atom is -0.497 e. The first-order chi connectivity index (χ1) is 12.2. The van der Waals surface area contributed by atoms with Gasteiger partial charge in [-0.1, -0.05) is 12.1 Å². The number of hydrogen-bond donors (Lipinski definition) is 1. The molecular formula is C20H24N2O3. The molecule has 2 aromatic rings. The van der Waals surface area contributed by atoms with Crippen LogP contribution in [-0.4, -0.2) is 43.1 Å². The topological polar surface area (TPSA) is 54.7 Å². The van der Waals surface area contributed by atoms with Crippen LogP contribution in [0.5, 0.6) is 5.75 Å². The fourth-order valence-electron chi connectivity index (χ4n) is 4.16. The number of amides is 1. The van der Waals surface area contributed by atoms with Gasteiger partial charge in [0.1, 0.15) is 11.5 Å². The van der Waals surface area contributed by atoms with E-state index < -0.39 is 0 Å². The monoisotopic (exact) mass is 340 g/mol. The summed E-state index contributed by atoms with van der Waals surface area (Å²) in [5.41, 5.74) is 0.898. The molecule has 5 rings (SSSR count). The molecule has 1 aromatic heterocycles. The Morgan fingerprint density at radius 3 is 2.76 bits per heavy atom. The van der Waals surface area contributed by atoms with E-state index in [0.29, 0.717) is 23.5 Å². The smallest absolute Gasteiger partial charge is 0.287 e. The Balaban J connectivity index is 1.49. The van der Waals surface area contributed by atoms with Gasteiger partial charge in [-0.2, -0.15) is 0 Å². The highest BCUT2D eigenvalue weighted by atomic mass is 16.5. The minimum absolute atomic E-state index is 0.125. The van der Waals surface area contributed by atoms with Gasteiger partial charge in [-0.3, -0.25) is 9.69 Å². The van der Waals surface area contributed by atoms with Crippen LogP contribution in [0.1, 0.15) is 30.3 Å². The molecule has 5 nitrogen and oxygen atoms in total. The highest BCUT2D eigenvalue weighted by molar-refractivity contribution is 5.92. The number of hydrogen-bond acceptors (Lipinski definition) is 4. The summed E-state index contributed by atoms with van der Waals surface area (Å²) in [4.78, 5) is 15.1. The van der Waals surface area contributed by atoms with E-state index >= 15 is 0 Å². The molecule has 1 N–H and O–H groups in total. The van der Waals surface area contributed by atoms with Crippen LogP contribution in [0.2, 0.25) is 0 Å². The number of furan rings is 1. The first-order valence-corrected chi connectivity index (χ1v) is 8.95. The number of nitrogens with one attached hydrogen (secondary N) is 1. The van der Waals surface area contributed by atoms with Gasteiger partial charge in [-0.25, -0.2) is 0 Å². The Bertz CT molecular complexity index is 760. The molecule has 1 amide bonds. The number of nitrogens with zero attached hydrogens (tertiary/aromatic N) is 1. The van der Waals surface area contributed by atoms with Crippen LogP contribution in [0.4, 0.5) is 0 Å². The molecule has 2 bridgehead atoms. The van der Waals surface area contributed by atoms with Crippen molar-refractivity contribution >= 4 is 5.91 Å². The molecule has 0 spiro atoms. The number of fused-ring (bicyclic) bond motifs is 3. The van der Waals surface area contributed by atoms with E-state index in [1.165, 1.54) is 12.8 Å². The van der Waals surface area contributed by atoms with Gasteiger partial charge in [0, 0.05) is 17.6 Å². The third-order valence-corrected chi connectivity index (χ3v) is 5.66. The Labute approximate surface area is 148 Å². The lowest BCUT2D eigenvalue weighted by Crippen LogP contribution is -2.62. The van der Waals surface area contributed by atoms with Crippen LogP contribution in [0.3, 0.4) is 0 Å². The van der Waals surface area contributed by atoms with Crippen molar-refractivity contribution in [2.45, 2.75) is 31.8 Å². The molecule has 25 heavy (non-hydrogen) atoms. The van der Waals surface area contributed by atoms with E-state index in [9.17, 15) is 4.79 Å². The Morgan fingerprint density at radius 1 is 1.24 bits per heavy atom. The quantitative estimate of drug-likeness (QED) is 0.929.